The number of hydrogen-bond acceptors (Lipinski definition) is 8. The van der Waals surface area contributed by atoms with Crippen LogP contribution in [0.2, 0.25) is 0 Å². The first-order chi connectivity index (χ1) is 41.3. The third kappa shape index (κ3) is 16.8. The van der Waals surface area contributed by atoms with E-state index < -0.39 is 11.6 Å². The van der Waals surface area contributed by atoms with Gasteiger partial charge in [0.1, 0.15) is 23.1 Å². The summed E-state index contributed by atoms with van der Waals surface area (Å²) in [7, 11) is 0. The Hall–Kier alpha value is -6.84. The number of carbonyl (C=O) groups excluding carboxylic acids is 6. The second kappa shape index (κ2) is 29.7. The summed E-state index contributed by atoms with van der Waals surface area (Å²) in [4.78, 5) is 85.5. The quantitative estimate of drug-likeness (QED) is 0.112. The molecular weight excluding hydrogens is 1090 g/mol. The number of hydrogen-bond donors (Lipinski definition) is 2. The van der Waals surface area contributed by atoms with Crippen LogP contribution in [-0.2, 0) is 9.59 Å². The van der Waals surface area contributed by atoms with Gasteiger partial charge in [0.05, 0.1) is 12.2 Å². The van der Waals surface area contributed by atoms with Gasteiger partial charge in [-0.25, -0.2) is 8.78 Å². The lowest BCUT2D eigenvalue weighted by Crippen LogP contribution is -2.57. The fourth-order valence-electron chi connectivity index (χ4n) is 14.2. The maximum Gasteiger partial charge on any atom is 0.254 e. The van der Waals surface area contributed by atoms with Crippen molar-refractivity contribution in [2.45, 2.75) is 206 Å². The molecule has 2 heterocycles. The molecule has 4 aromatic rings. The van der Waals surface area contributed by atoms with Crippen molar-refractivity contribution < 1.29 is 47.0 Å². The van der Waals surface area contributed by atoms with Crippen LogP contribution in [-0.4, -0.2) is 119 Å². The van der Waals surface area contributed by atoms with Gasteiger partial charge in [0, 0.05) is 98.8 Å². The number of nitrogens with zero attached hydrogens (tertiary/aromatic N) is 4. The monoisotopic (exact) mass is 1180 g/mol. The molecule has 0 unspecified atom stereocenters. The Morgan fingerprint density at radius 1 is 0.453 bits per heavy atom. The van der Waals surface area contributed by atoms with E-state index >= 15 is 0 Å². The summed E-state index contributed by atoms with van der Waals surface area (Å²) in [5, 5.41) is 5.12. The molecule has 16 heteroatoms. The first-order valence-electron chi connectivity index (χ1n) is 32.3. The lowest BCUT2D eigenvalue weighted by Gasteiger charge is -2.42. The second-order valence-corrected chi connectivity index (χ2v) is 26.1. The maximum absolute atomic E-state index is 14.3. The van der Waals surface area contributed by atoms with Gasteiger partial charge in [-0.2, -0.15) is 0 Å². The molecule has 4 aromatic carbocycles. The van der Waals surface area contributed by atoms with Gasteiger partial charge < -0.3 is 39.7 Å². The van der Waals surface area contributed by atoms with Gasteiger partial charge in [-0.1, -0.05) is 66.2 Å². The smallest absolute Gasteiger partial charge is 0.254 e. The molecule has 4 saturated carbocycles. The molecular formula is C70H92F2N6O8. The predicted molar refractivity (Wildman–Crippen MR) is 332 cm³/mol. The Balaban J connectivity index is 0.000000205. The van der Waals surface area contributed by atoms with Crippen molar-refractivity contribution in [3.63, 3.8) is 0 Å². The van der Waals surface area contributed by atoms with Gasteiger partial charge >= 0.3 is 0 Å². The highest BCUT2D eigenvalue weighted by molar-refractivity contribution is 5.99. The molecule has 6 aliphatic rings. The molecule has 86 heavy (non-hydrogen) atoms. The maximum atomic E-state index is 14.3. The van der Waals surface area contributed by atoms with Crippen LogP contribution in [0.4, 0.5) is 20.2 Å². The van der Waals surface area contributed by atoms with Gasteiger partial charge in [-0.3, -0.25) is 28.8 Å². The molecule has 2 saturated heterocycles. The minimum Gasteiger partial charge on any atom is -0.490 e. The molecule has 0 radical (unpaired) electrons. The molecule has 0 spiro atoms. The van der Waals surface area contributed by atoms with Crippen LogP contribution < -0.4 is 20.1 Å². The van der Waals surface area contributed by atoms with Gasteiger partial charge in [0.25, 0.3) is 23.6 Å². The molecule has 2 N–H and O–H groups in total. The molecule has 6 amide bonds. The van der Waals surface area contributed by atoms with Crippen molar-refractivity contribution in [1.29, 1.82) is 0 Å². The van der Waals surface area contributed by atoms with E-state index in [-0.39, 0.29) is 82.2 Å². The summed E-state index contributed by atoms with van der Waals surface area (Å²) in [5.41, 5.74) is 4.56. The van der Waals surface area contributed by atoms with E-state index in [2.05, 4.69) is 50.5 Å². The first-order valence-corrected chi connectivity index (χ1v) is 32.3. The van der Waals surface area contributed by atoms with Crippen LogP contribution in [0.1, 0.15) is 234 Å². The van der Waals surface area contributed by atoms with E-state index in [4.69, 9.17) is 9.47 Å². The number of rotatable bonds is 16. The lowest BCUT2D eigenvalue weighted by atomic mass is 9.83. The highest BCUT2D eigenvalue weighted by atomic mass is 19.1. The Kier molecular flexibility index (Phi) is 22.0. The largest absolute Gasteiger partial charge is 0.490 e. The topological polar surface area (TPSA) is 158 Å². The van der Waals surface area contributed by atoms with Crippen molar-refractivity contribution in [1.82, 2.24) is 19.6 Å². The predicted octanol–water partition coefficient (Wildman–Crippen LogP) is 14.3. The molecule has 0 bridgehead atoms. The van der Waals surface area contributed by atoms with E-state index in [1.807, 2.05) is 34.1 Å². The Morgan fingerprint density at radius 2 is 0.814 bits per heavy atom. The molecule has 2 atom stereocenters. The number of ether oxygens (including phenoxy) is 2. The van der Waals surface area contributed by atoms with Crippen LogP contribution in [0, 0.1) is 23.5 Å². The zero-order chi connectivity index (χ0) is 61.0. The average Bonchev–Trinajstić information content (AvgIpc) is 1.67. The number of benzene rings is 4. The Bertz CT molecular complexity index is 2830. The van der Waals surface area contributed by atoms with Gasteiger partial charge in [-0.05, 0) is 197 Å². The molecule has 6 fully saturated rings. The Labute approximate surface area is 508 Å². The standard InChI is InChI=1S/2C35H46FN3O4/c2*1-23(2)17-30-22-38(34(41)27-18-28(36)21-29(19-27)37-24(3)40)15-16-39(30)35(42)26-13-14-33(43-31-11-7-8-12-31)32(20-26)25-9-5-4-6-10-25/h2*13-14,18-21,23,25,30-31H,4-12,15-17,22H2,1-3H3,(H,37,40)/t2*30-/m00/s1. The minimum absolute atomic E-state index is 0.0130. The van der Waals surface area contributed by atoms with E-state index in [1.54, 1.807) is 9.80 Å². The van der Waals surface area contributed by atoms with Crippen LogP contribution in [0.15, 0.2) is 72.8 Å². The van der Waals surface area contributed by atoms with Crippen LogP contribution in [0.25, 0.3) is 0 Å². The Morgan fingerprint density at radius 3 is 1.16 bits per heavy atom. The van der Waals surface area contributed by atoms with Crippen LogP contribution in [0.3, 0.4) is 0 Å². The van der Waals surface area contributed by atoms with Crippen molar-refractivity contribution in [2.75, 3.05) is 49.9 Å². The number of amides is 6. The van der Waals surface area contributed by atoms with Crippen molar-refractivity contribution >= 4 is 46.8 Å². The SMILES string of the molecule is CC(=O)Nc1cc(F)cc(C(=O)N2CCN(C(=O)c3ccc(OC4CCCC4)c(C4CCCCC4)c3)[C@@H](CC(C)C)C2)c1.CC(=O)Nc1cc(F)cc(C(=O)N2CCN(C(=O)c3ccc(OC4CCCC4)c(C4CCCCC4)c3)[C@@H](CC(C)C)C2)c1. The second-order valence-electron chi connectivity index (χ2n) is 26.1. The summed E-state index contributed by atoms with van der Waals surface area (Å²) in [6.07, 6.45) is 23.1. The molecule has 14 nitrogen and oxygen atoms in total. The van der Waals surface area contributed by atoms with E-state index in [0.29, 0.717) is 74.1 Å². The summed E-state index contributed by atoms with van der Waals surface area (Å²) < 4.78 is 41.7. The third-order valence-corrected chi connectivity index (χ3v) is 18.3. The molecule has 2 aliphatic heterocycles. The van der Waals surface area contributed by atoms with E-state index in [9.17, 15) is 37.5 Å². The number of halogens is 2. The van der Waals surface area contributed by atoms with Crippen LogP contribution >= 0.6 is 0 Å². The normalized spacial score (nSPS) is 20.0. The highest BCUT2D eigenvalue weighted by Gasteiger charge is 2.37. The van der Waals surface area contributed by atoms with Crippen molar-refractivity contribution in [3.8, 4) is 11.5 Å². The summed E-state index contributed by atoms with van der Waals surface area (Å²) in [6.45, 7) is 13.4. The van der Waals surface area contributed by atoms with E-state index in [0.717, 1.165) is 75.7 Å². The number of piperazine rings is 2. The lowest BCUT2D eigenvalue weighted by molar-refractivity contribution is -0.115. The summed E-state index contributed by atoms with van der Waals surface area (Å²) >= 11 is 0. The first kappa shape index (κ1) is 63.7. The van der Waals surface area contributed by atoms with Crippen LogP contribution in [0.5, 0.6) is 11.5 Å². The zero-order valence-electron chi connectivity index (χ0n) is 51.7. The molecule has 10 rings (SSSR count). The number of carbonyl (C=O) groups is 6. The average molecular weight is 1180 g/mol. The summed E-state index contributed by atoms with van der Waals surface area (Å²) in [5.74, 6) is 0.855. The molecule has 4 aliphatic carbocycles. The fraction of sp³-hybridized carbons (Fsp3) is 0.571. The molecule has 0 aromatic heterocycles. The van der Waals surface area contributed by atoms with Gasteiger partial charge in [0.2, 0.25) is 11.8 Å². The van der Waals surface area contributed by atoms with Gasteiger partial charge in [0.15, 0.2) is 0 Å². The third-order valence-electron chi connectivity index (χ3n) is 18.3. The highest BCUT2D eigenvalue weighted by Crippen LogP contribution is 2.42. The molecule has 464 valence electrons. The summed E-state index contributed by atoms with van der Waals surface area (Å²) in [6, 6.07) is 19.5. The zero-order valence-corrected chi connectivity index (χ0v) is 51.7. The minimum atomic E-state index is -0.587. The number of anilines is 2. The van der Waals surface area contributed by atoms with Crippen molar-refractivity contribution in [2.24, 2.45) is 11.8 Å². The van der Waals surface area contributed by atoms with Crippen molar-refractivity contribution in [3.05, 3.63) is 118 Å². The number of nitrogens with one attached hydrogen (secondary N) is 2. The van der Waals surface area contributed by atoms with Gasteiger partial charge in [-0.15, -0.1) is 0 Å². The van der Waals surface area contributed by atoms with E-state index in [1.165, 1.54) is 126 Å². The fourth-order valence-corrected chi connectivity index (χ4v) is 14.2.